The van der Waals surface area contributed by atoms with Crippen LogP contribution in [0, 0.1) is 5.82 Å². The van der Waals surface area contributed by atoms with E-state index in [0.717, 1.165) is 12.0 Å². The largest absolute Gasteiger partial charge is 0.493 e. The van der Waals surface area contributed by atoms with Crippen molar-refractivity contribution in [3.05, 3.63) is 59.1 Å². The van der Waals surface area contributed by atoms with Crippen LogP contribution in [-0.4, -0.2) is 11.6 Å². The Kier molecular flexibility index (Phi) is 3.94. The predicted octanol–water partition coefficient (Wildman–Crippen LogP) is 3.50. The van der Waals surface area contributed by atoms with E-state index >= 15 is 0 Å². The zero-order chi connectivity index (χ0) is 12.1. The Morgan fingerprint density at radius 2 is 1.94 bits per heavy atom. The van der Waals surface area contributed by atoms with Crippen LogP contribution < -0.4 is 4.74 Å². The van der Waals surface area contributed by atoms with Gasteiger partial charge in [-0.2, -0.15) is 0 Å². The molecule has 1 aromatic heterocycles. The molecule has 2 rings (SSSR count). The highest BCUT2D eigenvalue weighted by molar-refractivity contribution is 6.30. The smallest absolute Gasteiger partial charge is 0.145 e. The summed E-state index contributed by atoms with van der Waals surface area (Å²) in [6.07, 6.45) is 4.22. The monoisotopic (exact) mass is 251 g/mol. The van der Waals surface area contributed by atoms with Gasteiger partial charge in [0.1, 0.15) is 11.6 Å². The van der Waals surface area contributed by atoms with Gasteiger partial charge in [0, 0.05) is 24.9 Å². The molecule has 0 saturated heterocycles. The molecule has 4 heteroatoms. The number of benzene rings is 1. The summed E-state index contributed by atoms with van der Waals surface area (Å²) in [6, 6.07) is 8.27. The molecule has 0 fully saturated rings. The van der Waals surface area contributed by atoms with Gasteiger partial charge in [-0.3, -0.25) is 4.98 Å². The van der Waals surface area contributed by atoms with Crippen molar-refractivity contribution >= 4 is 11.6 Å². The van der Waals surface area contributed by atoms with Gasteiger partial charge >= 0.3 is 0 Å². The van der Waals surface area contributed by atoms with Crippen molar-refractivity contribution in [1.82, 2.24) is 4.98 Å². The van der Waals surface area contributed by atoms with Crippen LogP contribution in [0.25, 0.3) is 0 Å². The molecule has 0 amide bonds. The maximum absolute atomic E-state index is 13.1. The third kappa shape index (κ3) is 3.43. The second-order valence-corrected chi connectivity index (χ2v) is 3.94. The standard InChI is InChI=1S/C13H11ClFNO/c14-12-2-1-11(9-13(12)15)17-8-5-10-3-6-16-7-4-10/h1-4,6-7,9H,5,8H2. The van der Waals surface area contributed by atoms with E-state index in [1.807, 2.05) is 12.1 Å². The third-order valence-corrected chi connectivity index (χ3v) is 2.61. The van der Waals surface area contributed by atoms with Crippen LogP contribution in [0.3, 0.4) is 0 Å². The first-order valence-corrected chi connectivity index (χ1v) is 5.60. The second kappa shape index (κ2) is 5.64. The Morgan fingerprint density at radius 3 is 2.65 bits per heavy atom. The topological polar surface area (TPSA) is 22.1 Å². The van der Waals surface area contributed by atoms with E-state index < -0.39 is 5.82 Å². The first kappa shape index (κ1) is 11.9. The van der Waals surface area contributed by atoms with Crippen LogP contribution in [-0.2, 0) is 6.42 Å². The Bertz CT molecular complexity index is 490. The molecule has 2 aromatic rings. The van der Waals surface area contributed by atoms with E-state index in [2.05, 4.69) is 4.98 Å². The number of hydrogen-bond acceptors (Lipinski definition) is 2. The van der Waals surface area contributed by atoms with Crippen molar-refractivity contribution < 1.29 is 9.13 Å². The highest BCUT2D eigenvalue weighted by atomic mass is 35.5. The molecule has 1 heterocycles. The van der Waals surface area contributed by atoms with Crippen LogP contribution >= 0.6 is 11.6 Å². The van der Waals surface area contributed by atoms with Gasteiger partial charge in [0.05, 0.1) is 11.6 Å². The van der Waals surface area contributed by atoms with Crippen LogP contribution in [0.2, 0.25) is 5.02 Å². The van der Waals surface area contributed by atoms with Crippen LogP contribution in [0.15, 0.2) is 42.7 Å². The van der Waals surface area contributed by atoms with Crippen LogP contribution in [0.4, 0.5) is 4.39 Å². The molecular weight excluding hydrogens is 241 g/mol. The SMILES string of the molecule is Fc1cc(OCCc2ccncc2)ccc1Cl. The van der Waals surface area contributed by atoms with Crippen molar-refractivity contribution in [2.45, 2.75) is 6.42 Å². The Morgan fingerprint density at radius 1 is 1.18 bits per heavy atom. The first-order valence-electron chi connectivity index (χ1n) is 5.22. The zero-order valence-electron chi connectivity index (χ0n) is 9.07. The van der Waals surface area contributed by atoms with E-state index in [1.54, 1.807) is 18.5 Å². The molecule has 0 aliphatic heterocycles. The van der Waals surface area contributed by atoms with Gasteiger partial charge in [-0.15, -0.1) is 0 Å². The van der Waals surface area contributed by atoms with Gasteiger partial charge in [-0.05, 0) is 29.8 Å². The van der Waals surface area contributed by atoms with Gasteiger partial charge in [0.15, 0.2) is 0 Å². The van der Waals surface area contributed by atoms with Gasteiger partial charge in [-0.1, -0.05) is 11.6 Å². The van der Waals surface area contributed by atoms with Crippen LogP contribution in [0.5, 0.6) is 5.75 Å². The summed E-state index contributed by atoms with van der Waals surface area (Å²) in [7, 11) is 0. The molecule has 0 unspecified atom stereocenters. The molecule has 0 aliphatic carbocycles. The minimum atomic E-state index is -0.465. The number of hydrogen-bond donors (Lipinski definition) is 0. The molecule has 17 heavy (non-hydrogen) atoms. The quantitative estimate of drug-likeness (QED) is 0.830. The molecule has 0 N–H and O–H groups in total. The summed E-state index contributed by atoms with van der Waals surface area (Å²) in [5, 5.41) is 0.103. The lowest BCUT2D eigenvalue weighted by Gasteiger charge is -2.06. The number of aromatic nitrogens is 1. The molecule has 0 saturated carbocycles. The number of nitrogens with zero attached hydrogens (tertiary/aromatic N) is 1. The highest BCUT2D eigenvalue weighted by Crippen LogP contribution is 2.20. The number of halogens is 2. The fourth-order valence-corrected chi connectivity index (χ4v) is 1.52. The molecule has 0 radical (unpaired) electrons. The van der Waals surface area contributed by atoms with E-state index in [4.69, 9.17) is 16.3 Å². The lowest BCUT2D eigenvalue weighted by atomic mass is 10.2. The number of rotatable bonds is 4. The molecule has 1 aromatic carbocycles. The summed E-state index contributed by atoms with van der Waals surface area (Å²) < 4.78 is 18.5. The average Bonchev–Trinajstić information content (AvgIpc) is 2.35. The number of pyridine rings is 1. The maximum Gasteiger partial charge on any atom is 0.145 e. The van der Waals surface area contributed by atoms with Gasteiger partial charge in [0.2, 0.25) is 0 Å². The van der Waals surface area contributed by atoms with Crippen LogP contribution in [0.1, 0.15) is 5.56 Å². The van der Waals surface area contributed by atoms with Crippen molar-refractivity contribution in [3.63, 3.8) is 0 Å². The lowest BCUT2D eigenvalue weighted by Crippen LogP contribution is -2.01. The first-order chi connectivity index (χ1) is 8.25. The van der Waals surface area contributed by atoms with E-state index in [0.29, 0.717) is 12.4 Å². The number of ether oxygens (including phenoxy) is 1. The summed E-state index contributed by atoms with van der Waals surface area (Å²) in [5.41, 5.74) is 1.13. The zero-order valence-corrected chi connectivity index (χ0v) is 9.82. The van der Waals surface area contributed by atoms with E-state index in [1.165, 1.54) is 12.1 Å². The molecule has 0 atom stereocenters. The van der Waals surface area contributed by atoms with Gasteiger partial charge in [-0.25, -0.2) is 4.39 Å². The molecule has 88 valence electrons. The Hall–Kier alpha value is -1.61. The second-order valence-electron chi connectivity index (χ2n) is 3.53. The minimum absolute atomic E-state index is 0.103. The Labute approximate surface area is 104 Å². The molecule has 0 aliphatic rings. The third-order valence-electron chi connectivity index (χ3n) is 2.30. The highest BCUT2D eigenvalue weighted by Gasteiger charge is 2.01. The summed E-state index contributed by atoms with van der Waals surface area (Å²) in [4.78, 5) is 3.93. The molecule has 0 spiro atoms. The van der Waals surface area contributed by atoms with Gasteiger partial charge < -0.3 is 4.74 Å². The predicted molar refractivity (Wildman–Crippen MR) is 64.8 cm³/mol. The lowest BCUT2D eigenvalue weighted by molar-refractivity contribution is 0.320. The van der Waals surface area contributed by atoms with Crippen molar-refractivity contribution in [3.8, 4) is 5.75 Å². The summed E-state index contributed by atoms with van der Waals surface area (Å²) >= 11 is 5.57. The summed E-state index contributed by atoms with van der Waals surface area (Å²) in [6.45, 7) is 0.491. The van der Waals surface area contributed by atoms with Crippen molar-refractivity contribution in [2.24, 2.45) is 0 Å². The van der Waals surface area contributed by atoms with Crippen molar-refractivity contribution in [2.75, 3.05) is 6.61 Å². The maximum atomic E-state index is 13.1. The molecular formula is C13H11ClFNO. The van der Waals surface area contributed by atoms with Gasteiger partial charge in [0.25, 0.3) is 0 Å². The molecule has 0 bridgehead atoms. The van der Waals surface area contributed by atoms with E-state index in [9.17, 15) is 4.39 Å². The molecule has 2 nitrogen and oxygen atoms in total. The van der Waals surface area contributed by atoms with Crippen molar-refractivity contribution in [1.29, 1.82) is 0 Å². The van der Waals surface area contributed by atoms with E-state index in [-0.39, 0.29) is 5.02 Å². The average molecular weight is 252 g/mol. The normalized spacial score (nSPS) is 10.2. The minimum Gasteiger partial charge on any atom is -0.493 e. The fraction of sp³-hybridized carbons (Fsp3) is 0.154. The fourth-order valence-electron chi connectivity index (χ4n) is 1.40. The summed E-state index contributed by atoms with van der Waals surface area (Å²) in [5.74, 6) is 0.0223. The Balaban J connectivity index is 1.88.